The summed E-state index contributed by atoms with van der Waals surface area (Å²) in [5.41, 5.74) is -1.07. The molecule has 0 radical (unpaired) electrons. The van der Waals surface area contributed by atoms with E-state index >= 15 is 0 Å². The summed E-state index contributed by atoms with van der Waals surface area (Å²) in [4.78, 5) is 11.4. The van der Waals surface area contributed by atoms with Crippen LogP contribution < -0.4 is 0 Å². The minimum Gasteiger partial charge on any atom is -0.292 e. The SMILES string of the molecule is O=C(c1ccc(Cl)c(C(F)(F)F)c1)C(Br)Br. The third-order valence-electron chi connectivity index (χ3n) is 1.75. The van der Waals surface area contributed by atoms with Crippen molar-refractivity contribution >= 4 is 49.2 Å². The predicted molar refractivity (Wildman–Crippen MR) is 62.4 cm³/mol. The van der Waals surface area contributed by atoms with Crippen LogP contribution in [0, 0.1) is 0 Å². The van der Waals surface area contributed by atoms with Crippen molar-refractivity contribution in [3.05, 3.63) is 34.3 Å². The summed E-state index contributed by atoms with van der Waals surface area (Å²) in [5, 5.41) is -0.426. The van der Waals surface area contributed by atoms with Crippen LogP contribution >= 0.6 is 43.5 Å². The Morgan fingerprint density at radius 2 is 1.88 bits per heavy atom. The Hall–Kier alpha value is -0.0700. The van der Waals surface area contributed by atoms with Crippen molar-refractivity contribution in [1.82, 2.24) is 0 Å². The zero-order valence-corrected chi connectivity index (χ0v) is 11.4. The van der Waals surface area contributed by atoms with E-state index in [1.165, 1.54) is 6.07 Å². The van der Waals surface area contributed by atoms with E-state index < -0.39 is 26.3 Å². The highest BCUT2D eigenvalue weighted by Gasteiger charge is 2.34. The fraction of sp³-hybridized carbons (Fsp3) is 0.222. The highest BCUT2D eigenvalue weighted by molar-refractivity contribution is 9.25. The zero-order valence-electron chi connectivity index (χ0n) is 7.49. The molecule has 88 valence electrons. The number of ketones is 1. The van der Waals surface area contributed by atoms with E-state index in [1.54, 1.807) is 0 Å². The predicted octanol–water partition coefficient (Wildman–Crippen LogP) is 4.66. The topological polar surface area (TPSA) is 17.1 Å². The van der Waals surface area contributed by atoms with Crippen molar-refractivity contribution in [2.45, 2.75) is 9.91 Å². The van der Waals surface area contributed by atoms with Gasteiger partial charge in [-0.2, -0.15) is 13.2 Å². The molecule has 1 aromatic rings. The highest BCUT2D eigenvalue weighted by Crippen LogP contribution is 2.35. The minimum atomic E-state index is -4.57. The standard InChI is InChI=1S/C9H4Br2ClF3O/c10-8(11)7(16)4-1-2-6(12)5(3-4)9(13,14)15/h1-3,8H. The fourth-order valence-corrected chi connectivity index (χ4v) is 1.78. The van der Waals surface area contributed by atoms with E-state index in [-0.39, 0.29) is 5.56 Å². The van der Waals surface area contributed by atoms with Crippen molar-refractivity contribution in [3.63, 3.8) is 0 Å². The molecule has 0 N–H and O–H groups in total. The van der Waals surface area contributed by atoms with Gasteiger partial charge in [-0.3, -0.25) is 4.79 Å². The van der Waals surface area contributed by atoms with E-state index in [4.69, 9.17) is 11.6 Å². The van der Waals surface area contributed by atoms with Gasteiger partial charge in [0.25, 0.3) is 0 Å². The van der Waals surface area contributed by atoms with Crippen LogP contribution in [0.5, 0.6) is 0 Å². The second kappa shape index (κ2) is 5.06. The number of rotatable bonds is 2. The molecule has 0 aliphatic carbocycles. The molecule has 0 spiro atoms. The van der Waals surface area contributed by atoms with Gasteiger partial charge in [0.2, 0.25) is 0 Å². The van der Waals surface area contributed by atoms with Gasteiger partial charge in [-0.25, -0.2) is 0 Å². The van der Waals surface area contributed by atoms with Crippen LogP contribution in [0.1, 0.15) is 15.9 Å². The van der Waals surface area contributed by atoms with Gasteiger partial charge in [0, 0.05) is 5.56 Å². The average molecular weight is 380 g/mol. The van der Waals surface area contributed by atoms with Crippen LogP contribution in [0.2, 0.25) is 5.02 Å². The maximum absolute atomic E-state index is 12.5. The molecule has 1 nitrogen and oxygen atoms in total. The maximum Gasteiger partial charge on any atom is 0.417 e. The van der Waals surface area contributed by atoms with Gasteiger partial charge in [0.15, 0.2) is 5.78 Å². The van der Waals surface area contributed by atoms with Gasteiger partial charge in [-0.1, -0.05) is 43.5 Å². The molecule has 0 atom stereocenters. The first-order chi connectivity index (χ1) is 7.23. The van der Waals surface area contributed by atoms with Crippen LogP contribution in [0.15, 0.2) is 18.2 Å². The number of hydrogen-bond acceptors (Lipinski definition) is 1. The van der Waals surface area contributed by atoms with Crippen molar-refractivity contribution in [2.24, 2.45) is 0 Å². The molecule has 1 rings (SSSR count). The second-order valence-electron chi connectivity index (χ2n) is 2.86. The van der Waals surface area contributed by atoms with Crippen LogP contribution in [-0.2, 0) is 6.18 Å². The van der Waals surface area contributed by atoms with Gasteiger partial charge >= 0.3 is 6.18 Å². The molecular formula is C9H4Br2ClF3O. The monoisotopic (exact) mass is 378 g/mol. The van der Waals surface area contributed by atoms with Crippen molar-refractivity contribution in [2.75, 3.05) is 0 Å². The number of halogens is 6. The summed E-state index contributed by atoms with van der Waals surface area (Å²) in [6, 6.07) is 3.04. The molecule has 0 saturated heterocycles. The Labute approximate surface area is 111 Å². The molecule has 0 amide bonds. The van der Waals surface area contributed by atoms with E-state index in [1.807, 2.05) is 0 Å². The molecule has 1 aromatic carbocycles. The van der Waals surface area contributed by atoms with E-state index in [0.717, 1.165) is 12.1 Å². The summed E-state index contributed by atoms with van der Waals surface area (Å²) >= 11 is 11.3. The molecule has 0 saturated carbocycles. The van der Waals surface area contributed by atoms with E-state index in [9.17, 15) is 18.0 Å². The maximum atomic E-state index is 12.5. The second-order valence-corrected chi connectivity index (χ2v) is 6.32. The van der Waals surface area contributed by atoms with Crippen LogP contribution in [0.3, 0.4) is 0 Å². The summed E-state index contributed by atoms with van der Waals surface area (Å²) in [6.07, 6.45) is -4.57. The third-order valence-corrected chi connectivity index (χ3v) is 2.92. The Balaban J connectivity index is 3.23. The van der Waals surface area contributed by atoms with Crippen LogP contribution in [0.4, 0.5) is 13.2 Å². The normalized spacial score (nSPS) is 11.9. The number of alkyl halides is 5. The molecule has 16 heavy (non-hydrogen) atoms. The van der Waals surface area contributed by atoms with Crippen LogP contribution in [-0.4, -0.2) is 9.52 Å². The van der Waals surface area contributed by atoms with Gasteiger partial charge < -0.3 is 0 Å². The molecule has 0 unspecified atom stereocenters. The summed E-state index contributed by atoms with van der Waals surface area (Å²) < 4.78 is 36.7. The fourth-order valence-electron chi connectivity index (χ4n) is 1.02. The van der Waals surface area contributed by atoms with E-state index in [0.29, 0.717) is 0 Å². The van der Waals surface area contributed by atoms with Crippen LogP contribution in [0.25, 0.3) is 0 Å². The number of Topliss-reactive ketones (excluding diaryl/α,β-unsaturated/α-hetero) is 1. The first-order valence-corrected chi connectivity index (χ1v) is 6.13. The Morgan fingerprint density at radius 1 is 1.31 bits per heavy atom. The Kier molecular flexibility index (Phi) is 4.42. The average Bonchev–Trinajstić information content (AvgIpc) is 2.15. The lowest BCUT2D eigenvalue weighted by molar-refractivity contribution is -0.137. The van der Waals surface area contributed by atoms with E-state index in [2.05, 4.69) is 31.9 Å². The van der Waals surface area contributed by atoms with Crippen molar-refractivity contribution in [1.29, 1.82) is 0 Å². The van der Waals surface area contributed by atoms with Crippen molar-refractivity contribution < 1.29 is 18.0 Å². The highest BCUT2D eigenvalue weighted by atomic mass is 79.9. The minimum absolute atomic E-state index is 0.0597. The molecule has 0 bridgehead atoms. The molecule has 0 aliphatic rings. The summed E-state index contributed by atoms with van der Waals surface area (Å²) in [7, 11) is 0. The first kappa shape index (κ1) is 14.0. The number of benzene rings is 1. The number of carbonyl (C=O) groups is 1. The lowest BCUT2D eigenvalue weighted by atomic mass is 10.1. The number of hydrogen-bond donors (Lipinski definition) is 0. The third kappa shape index (κ3) is 3.21. The molecular weight excluding hydrogens is 376 g/mol. The lowest BCUT2D eigenvalue weighted by Crippen LogP contribution is -2.11. The van der Waals surface area contributed by atoms with Crippen molar-refractivity contribution in [3.8, 4) is 0 Å². The largest absolute Gasteiger partial charge is 0.417 e. The molecule has 0 heterocycles. The smallest absolute Gasteiger partial charge is 0.292 e. The first-order valence-electron chi connectivity index (χ1n) is 3.92. The summed E-state index contributed by atoms with van der Waals surface area (Å²) in [5.74, 6) is -0.498. The molecule has 0 fully saturated rings. The molecule has 0 aliphatic heterocycles. The number of carbonyl (C=O) groups excluding carboxylic acids is 1. The zero-order chi connectivity index (χ0) is 12.5. The van der Waals surface area contributed by atoms with Gasteiger partial charge in [-0.05, 0) is 18.2 Å². The van der Waals surface area contributed by atoms with Gasteiger partial charge in [0.05, 0.1) is 10.6 Å². The molecule has 7 heteroatoms. The summed E-state index contributed by atoms with van der Waals surface area (Å²) in [6.45, 7) is 0. The van der Waals surface area contributed by atoms with Gasteiger partial charge in [0.1, 0.15) is 3.74 Å². The Morgan fingerprint density at radius 3 is 2.31 bits per heavy atom. The molecule has 0 aromatic heterocycles. The lowest BCUT2D eigenvalue weighted by Gasteiger charge is -2.10. The van der Waals surface area contributed by atoms with Gasteiger partial charge in [-0.15, -0.1) is 0 Å². The quantitative estimate of drug-likeness (QED) is 0.539. The Bertz CT molecular complexity index is 418.